The van der Waals surface area contributed by atoms with Gasteiger partial charge in [-0.15, -0.1) is 0 Å². The summed E-state index contributed by atoms with van der Waals surface area (Å²) >= 11 is 7.11. The van der Waals surface area contributed by atoms with Gasteiger partial charge in [-0.3, -0.25) is 0 Å². The minimum absolute atomic E-state index is 0.909. The molecule has 0 spiro atoms. The van der Waals surface area contributed by atoms with Crippen LogP contribution in [0.15, 0.2) is 22.7 Å². The Hall–Kier alpha value is -0.0200. The third-order valence-corrected chi connectivity index (χ3v) is 4.46. The molecule has 1 fully saturated rings. The largest absolute Gasteiger partial charge is 0.374 e. The van der Waals surface area contributed by atoms with Crippen LogP contribution < -0.4 is 4.90 Å². The quantitative estimate of drug-likeness (QED) is 0.721. The van der Waals surface area contributed by atoms with Crippen LogP contribution in [0.3, 0.4) is 0 Å². The number of rotatable bonds is 4. The summed E-state index contributed by atoms with van der Waals surface area (Å²) in [5, 5.41) is 0.921. The Bertz CT molecular complexity index is 361. The average Bonchev–Trinajstić information content (AvgIpc) is 2.23. The van der Waals surface area contributed by atoms with Crippen LogP contribution in [0, 0.1) is 5.92 Å². The van der Waals surface area contributed by atoms with Crippen LogP contribution in [-0.2, 0) is 5.33 Å². The molecule has 0 radical (unpaired) electrons. The molecular weight excluding hydrogens is 330 g/mol. The molecule has 1 aliphatic rings. The van der Waals surface area contributed by atoms with Crippen molar-refractivity contribution in [3.63, 3.8) is 0 Å². The van der Waals surface area contributed by atoms with Crippen LogP contribution in [-0.4, -0.2) is 13.6 Å². The standard InChI is InChI=1S/C13H17Br2N/c1-16(9-10-3-2-4-10)13-7-12(15)6-5-11(13)8-14/h5-7,10H,2-4,8-9H2,1H3. The molecule has 0 atom stereocenters. The molecule has 1 aromatic carbocycles. The molecule has 1 saturated carbocycles. The number of benzene rings is 1. The summed E-state index contributed by atoms with van der Waals surface area (Å²) in [6.45, 7) is 1.19. The highest BCUT2D eigenvalue weighted by Crippen LogP contribution is 2.31. The fourth-order valence-corrected chi connectivity index (χ4v) is 2.99. The summed E-state index contributed by atoms with van der Waals surface area (Å²) in [6.07, 6.45) is 4.23. The number of hydrogen-bond acceptors (Lipinski definition) is 1. The van der Waals surface area contributed by atoms with E-state index in [1.807, 2.05) is 0 Å². The third kappa shape index (κ3) is 2.80. The van der Waals surface area contributed by atoms with Crippen molar-refractivity contribution in [1.29, 1.82) is 0 Å². The third-order valence-electron chi connectivity index (χ3n) is 3.36. The molecule has 0 amide bonds. The Morgan fingerprint density at radius 1 is 1.38 bits per heavy atom. The molecule has 0 aliphatic heterocycles. The zero-order valence-electron chi connectivity index (χ0n) is 9.55. The van der Waals surface area contributed by atoms with Gasteiger partial charge in [-0.05, 0) is 36.5 Å². The molecular formula is C13H17Br2N. The molecule has 0 N–H and O–H groups in total. The maximum absolute atomic E-state index is 3.56. The average molecular weight is 347 g/mol. The topological polar surface area (TPSA) is 3.24 Å². The van der Waals surface area contributed by atoms with Gasteiger partial charge in [-0.25, -0.2) is 0 Å². The van der Waals surface area contributed by atoms with Crippen LogP contribution in [0.25, 0.3) is 0 Å². The van der Waals surface area contributed by atoms with E-state index in [-0.39, 0.29) is 0 Å². The Kier molecular flexibility index (Phi) is 4.31. The molecule has 0 aromatic heterocycles. The monoisotopic (exact) mass is 345 g/mol. The smallest absolute Gasteiger partial charge is 0.0416 e. The van der Waals surface area contributed by atoms with Crippen LogP contribution in [0.5, 0.6) is 0 Å². The fraction of sp³-hybridized carbons (Fsp3) is 0.538. The van der Waals surface area contributed by atoms with E-state index in [9.17, 15) is 0 Å². The predicted octanol–water partition coefficient (Wildman–Crippen LogP) is 4.58. The van der Waals surface area contributed by atoms with Gasteiger partial charge in [0.2, 0.25) is 0 Å². The Balaban J connectivity index is 2.13. The normalized spacial score (nSPS) is 15.9. The van der Waals surface area contributed by atoms with E-state index in [0.717, 1.165) is 15.7 Å². The Labute approximate surface area is 114 Å². The van der Waals surface area contributed by atoms with Gasteiger partial charge < -0.3 is 4.90 Å². The maximum Gasteiger partial charge on any atom is 0.0416 e. The molecule has 0 bridgehead atoms. The van der Waals surface area contributed by atoms with E-state index < -0.39 is 0 Å². The molecule has 0 unspecified atom stereocenters. The molecule has 0 saturated heterocycles. The SMILES string of the molecule is CN(CC1CCC1)c1cc(Br)ccc1CBr. The van der Waals surface area contributed by atoms with Crippen molar-refractivity contribution < 1.29 is 0 Å². The Morgan fingerprint density at radius 3 is 2.69 bits per heavy atom. The highest BCUT2D eigenvalue weighted by Gasteiger charge is 2.20. The van der Waals surface area contributed by atoms with Gasteiger partial charge in [-0.2, -0.15) is 0 Å². The van der Waals surface area contributed by atoms with Gasteiger partial charge in [0.25, 0.3) is 0 Å². The summed E-state index contributed by atoms with van der Waals surface area (Å²) in [6, 6.07) is 6.51. The lowest BCUT2D eigenvalue weighted by Crippen LogP contribution is -2.29. The molecule has 1 nitrogen and oxygen atoms in total. The highest BCUT2D eigenvalue weighted by atomic mass is 79.9. The second-order valence-corrected chi connectivity index (χ2v) is 6.06. The molecule has 2 rings (SSSR count). The number of anilines is 1. The van der Waals surface area contributed by atoms with Gasteiger partial charge in [0.15, 0.2) is 0 Å². The summed E-state index contributed by atoms with van der Waals surface area (Å²) in [7, 11) is 2.20. The lowest BCUT2D eigenvalue weighted by atomic mass is 9.85. The van der Waals surface area contributed by atoms with Gasteiger partial charge in [0, 0.05) is 29.1 Å². The summed E-state index contributed by atoms with van der Waals surface area (Å²) in [5.41, 5.74) is 2.71. The Morgan fingerprint density at radius 2 is 2.12 bits per heavy atom. The molecule has 0 heterocycles. The second kappa shape index (κ2) is 5.54. The van der Waals surface area contributed by atoms with Crippen molar-refractivity contribution in [2.24, 2.45) is 5.92 Å². The molecule has 88 valence electrons. The molecule has 1 aromatic rings. The van der Waals surface area contributed by atoms with Crippen molar-refractivity contribution in [2.75, 3.05) is 18.5 Å². The second-order valence-electron chi connectivity index (χ2n) is 4.58. The van der Waals surface area contributed by atoms with Crippen molar-refractivity contribution in [1.82, 2.24) is 0 Å². The van der Waals surface area contributed by atoms with Crippen molar-refractivity contribution in [3.8, 4) is 0 Å². The minimum atomic E-state index is 0.909. The van der Waals surface area contributed by atoms with E-state index in [4.69, 9.17) is 0 Å². The van der Waals surface area contributed by atoms with Gasteiger partial charge in [0.05, 0.1) is 0 Å². The first kappa shape index (κ1) is 12.4. The van der Waals surface area contributed by atoms with E-state index in [2.05, 4.69) is 62.0 Å². The number of hydrogen-bond donors (Lipinski definition) is 0. The van der Waals surface area contributed by atoms with Crippen LogP contribution in [0.4, 0.5) is 5.69 Å². The summed E-state index contributed by atoms with van der Waals surface area (Å²) in [4.78, 5) is 2.39. The first-order valence-electron chi connectivity index (χ1n) is 5.76. The number of alkyl halides is 1. The zero-order chi connectivity index (χ0) is 11.5. The van der Waals surface area contributed by atoms with Gasteiger partial charge in [-0.1, -0.05) is 44.3 Å². The van der Waals surface area contributed by atoms with Crippen LogP contribution in [0.1, 0.15) is 24.8 Å². The van der Waals surface area contributed by atoms with Crippen molar-refractivity contribution in [3.05, 3.63) is 28.2 Å². The van der Waals surface area contributed by atoms with Gasteiger partial charge in [0.1, 0.15) is 0 Å². The highest BCUT2D eigenvalue weighted by molar-refractivity contribution is 9.10. The first-order chi connectivity index (χ1) is 7.70. The lowest BCUT2D eigenvalue weighted by molar-refractivity contribution is 0.321. The van der Waals surface area contributed by atoms with E-state index >= 15 is 0 Å². The van der Waals surface area contributed by atoms with Crippen LogP contribution >= 0.6 is 31.9 Å². The van der Waals surface area contributed by atoms with E-state index in [1.165, 1.54) is 37.1 Å². The molecule has 3 heteroatoms. The summed E-state index contributed by atoms with van der Waals surface area (Å²) in [5.74, 6) is 0.909. The number of nitrogens with zero attached hydrogens (tertiary/aromatic N) is 1. The minimum Gasteiger partial charge on any atom is -0.374 e. The molecule has 16 heavy (non-hydrogen) atoms. The number of halogens is 2. The first-order valence-corrected chi connectivity index (χ1v) is 7.67. The molecule has 1 aliphatic carbocycles. The fourth-order valence-electron chi connectivity index (χ4n) is 2.17. The van der Waals surface area contributed by atoms with Crippen molar-refractivity contribution >= 4 is 37.5 Å². The van der Waals surface area contributed by atoms with Crippen LogP contribution in [0.2, 0.25) is 0 Å². The van der Waals surface area contributed by atoms with Crippen molar-refractivity contribution in [2.45, 2.75) is 24.6 Å². The lowest BCUT2D eigenvalue weighted by Gasteiger charge is -2.32. The van der Waals surface area contributed by atoms with E-state index in [1.54, 1.807) is 0 Å². The zero-order valence-corrected chi connectivity index (χ0v) is 12.7. The maximum atomic E-state index is 3.56. The summed E-state index contributed by atoms with van der Waals surface area (Å²) < 4.78 is 1.16. The predicted molar refractivity (Wildman–Crippen MR) is 77.4 cm³/mol. The van der Waals surface area contributed by atoms with Gasteiger partial charge >= 0.3 is 0 Å². The van der Waals surface area contributed by atoms with E-state index in [0.29, 0.717) is 0 Å².